The lowest BCUT2D eigenvalue weighted by molar-refractivity contribution is -0.138. The summed E-state index contributed by atoms with van der Waals surface area (Å²) < 4.78 is 45.8. The minimum Gasteiger partial charge on any atom is -0.488 e. The first-order valence-corrected chi connectivity index (χ1v) is 9.36. The van der Waals surface area contributed by atoms with Gasteiger partial charge in [-0.05, 0) is 24.3 Å². The maximum atomic E-state index is 13.7. The number of carboxylic acids is 1. The average Bonchev–Trinajstić information content (AvgIpc) is 3.01. The van der Waals surface area contributed by atoms with Crippen molar-refractivity contribution in [3.63, 3.8) is 0 Å². The van der Waals surface area contributed by atoms with Crippen LogP contribution in [-0.4, -0.2) is 33.6 Å². The predicted molar refractivity (Wildman–Crippen MR) is 104 cm³/mol. The number of hydrogen-bond acceptors (Lipinski definition) is 6. The number of thioether (sulfide) groups is 1. The maximum absolute atomic E-state index is 13.7. The van der Waals surface area contributed by atoms with E-state index in [1.807, 2.05) is 0 Å². The summed E-state index contributed by atoms with van der Waals surface area (Å²) in [6, 6.07) is 6.62. The second-order valence-corrected chi connectivity index (χ2v) is 7.24. The molecule has 1 amide bonds. The van der Waals surface area contributed by atoms with E-state index in [1.54, 1.807) is 0 Å². The fourth-order valence-corrected chi connectivity index (χ4v) is 3.34. The molecule has 1 saturated heterocycles. The molecule has 1 heterocycles. The minimum absolute atomic E-state index is 0.0505. The smallest absolute Gasteiger partial charge is 0.305 e. The van der Waals surface area contributed by atoms with Gasteiger partial charge >= 0.3 is 5.97 Å². The molecule has 11 heteroatoms. The third-order valence-corrected chi connectivity index (χ3v) is 4.93. The van der Waals surface area contributed by atoms with Crippen molar-refractivity contribution in [3.8, 4) is 5.75 Å². The van der Waals surface area contributed by atoms with E-state index in [-0.39, 0.29) is 29.5 Å². The Balaban J connectivity index is 1.70. The van der Waals surface area contributed by atoms with Gasteiger partial charge in [0.05, 0.1) is 12.6 Å². The molecule has 1 unspecified atom stereocenters. The van der Waals surface area contributed by atoms with Crippen LogP contribution >= 0.6 is 11.8 Å². The van der Waals surface area contributed by atoms with Crippen LogP contribution < -0.4 is 10.1 Å². The van der Waals surface area contributed by atoms with Crippen LogP contribution in [-0.2, 0) is 16.2 Å². The SMILES string of the molecule is O=C(O)CC1SC(=NN=Cc2ccc(F)cc2OCc2ccc(F)cc2F)NC1=O. The van der Waals surface area contributed by atoms with Gasteiger partial charge in [-0.3, -0.25) is 9.59 Å². The van der Waals surface area contributed by atoms with Crippen LogP contribution in [0.4, 0.5) is 13.2 Å². The summed E-state index contributed by atoms with van der Waals surface area (Å²) >= 11 is 0.930. The summed E-state index contributed by atoms with van der Waals surface area (Å²) in [5, 5.41) is 18.1. The molecule has 1 aliphatic rings. The molecule has 7 nitrogen and oxygen atoms in total. The number of hydrogen-bond donors (Lipinski definition) is 2. The highest BCUT2D eigenvalue weighted by molar-refractivity contribution is 8.15. The first kappa shape index (κ1) is 21.4. The van der Waals surface area contributed by atoms with E-state index in [0.717, 1.165) is 30.0 Å². The number of aliphatic carboxylic acids is 1. The van der Waals surface area contributed by atoms with Gasteiger partial charge < -0.3 is 15.2 Å². The zero-order valence-electron chi connectivity index (χ0n) is 15.1. The summed E-state index contributed by atoms with van der Waals surface area (Å²) in [4.78, 5) is 22.4. The quantitative estimate of drug-likeness (QED) is 0.512. The topological polar surface area (TPSA) is 100 Å². The summed E-state index contributed by atoms with van der Waals surface area (Å²) in [5.41, 5.74) is 0.401. The van der Waals surface area contributed by atoms with Crippen LogP contribution in [0.5, 0.6) is 5.75 Å². The van der Waals surface area contributed by atoms with E-state index in [1.165, 1.54) is 18.3 Å². The zero-order chi connectivity index (χ0) is 21.7. The van der Waals surface area contributed by atoms with Crippen LogP contribution in [0, 0.1) is 17.5 Å². The Labute approximate surface area is 172 Å². The number of carbonyl (C=O) groups is 2. The Morgan fingerprint density at radius 1 is 1.20 bits per heavy atom. The lowest BCUT2D eigenvalue weighted by Crippen LogP contribution is -2.26. The first-order valence-electron chi connectivity index (χ1n) is 8.48. The molecule has 2 N–H and O–H groups in total. The van der Waals surface area contributed by atoms with Crippen LogP contribution in [0.15, 0.2) is 46.6 Å². The normalized spacial score (nSPS) is 17.5. The second kappa shape index (κ2) is 9.44. The number of halogens is 3. The van der Waals surface area contributed by atoms with Crippen LogP contribution in [0.3, 0.4) is 0 Å². The van der Waals surface area contributed by atoms with Gasteiger partial charge in [0.15, 0.2) is 5.17 Å². The van der Waals surface area contributed by atoms with Gasteiger partial charge in [0.25, 0.3) is 0 Å². The maximum Gasteiger partial charge on any atom is 0.305 e. The number of rotatable bonds is 7. The summed E-state index contributed by atoms with van der Waals surface area (Å²) in [6.07, 6.45) is 0.884. The van der Waals surface area contributed by atoms with Crippen molar-refractivity contribution in [2.75, 3.05) is 0 Å². The number of ether oxygens (including phenoxy) is 1. The lowest BCUT2D eigenvalue weighted by atomic mass is 10.2. The van der Waals surface area contributed by atoms with E-state index < -0.39 is 34.6 Å². The Kier molecular flexibility index (Phi) is 6.72. The van der Waals surface area contributed by atoms with Crippen molar-refractivity contribution < 1.29 is 32.6 Å². The van der Waals surface area contributed by atoms with Crippen molar-refractivity contribution in [3.05, 3.63) is 65.0 Å². The molecule has 30 heavy (non-hydrogen) atoms. The molecule has 0 saturated carbocycles. The standard InChI is InChI=1S/C19H14F3N3O4S/c20-12-4-2-11(14(22)5-12)9-29-15-6-13(21)3-1-10(15)8-23-25-19-24-18(28)16(30-19)7-17(26)27/h1-6,8,16H,7,9H2,(H,26,27)(H,24,25,28). The summed E-state index contributed by atoms with van der Waals surface area (Å²) in [5.74, 6) is -3.66. The number of nitrogens with zero attached hydrogens (tertiary/aromatic N) is 2. The lowest BCUT2D eigenvalue weighted by Gasteiger charge is -2.10. The molecule has 156 valence electrons. The van der Waals surface area contributed by atoms with E-state index in [4.69, 9.17) is 9.84 Å². The molecule has 2 aromatic carbocycles. The molecule has 1 aliphatic heterocycles. The van der Waals surface area contributed by atoms with Crippen LogP contribution in [0.1, 0.15) is 17.5 Å². The Hall–Kier alpha value is -3.34. The molecule has 2 aromatic rings. The molecule has 3 rings (SSSR count). The van der Waals surface area contributed by atoms with E-state index in [9.17, 15) is 22.8 Å². The van der Waals surface area contributed by atoms with Gasteiger partial charge in [0, 0.05) is 23.3 Å². The number of amidine groups is 1. The highest BCUT2D eigenvalue weighted by atomic mass is 32.2. The largest absolute Gasteiger partial charge is 0.488 e. The predicted octanol–water partition coefficient (Wildman–Crippen LogP) is 3.08. The molecular formula is C19H14F3N3O4S. The third kappa shape index (κ3) is 5.60. The highest BCUT2D eigenvalue weighted by Crippen LogP contribution is 2.23. The van der Waals surface area contributed by atoms with Gasteiger partial charge in [0.1, 0.15) is 35.1 Å². The van der Waals surface area contributed by atoms with Crippen LogP contribution in [0.25, 0.3) is 0 Å². The van der Waals surface area contributed by atoms with Gasteiger partial charge in [-0.2, -0.15) is 5.10 Å². The number of nitrogens with one attached hydrogen (secondary N) is 1. The monoisotopic (exact) mass is 437 g/mol. The molecule has 0 spiro atoms. The third-order valence-electron chi connectivity index (χ3n) is 3.86. The molecule has 0 aliphatic carbocycles. The van der Waals surface area contributed by atoms with Gasteiger partial charge in [-0.1, -0.05) is 11.8 Å². The van der Waals surface area contributed by atoms with Gasteiger partial charge in [-0.15, -0.1) is 5.10 Å². The number of benzene rings is 2. The molecule has 0 radical (unpaired) electrons. The molecule has 1 atom stereocenters. The molecule has 1 fully saturated rings. The van der Waals surface area contributed by atoms with Crippen molar-refractivity contribution in [2.45, 2.75) is 18.3 Å². The minimum atomic E-state index is -1.11. The zero-order valence-corrected chi connectivity index (χ0v) is 16.0. The first-order chi connectivity index (χ1) is 14.3. The number of carboxylic acid groups (broad SMARTS) is 1. The summed E-state index contributed by atoms with van der Waals surface area (Å²) in [7, 11) is 0. The van der Waals surface area contributed by atoms with Gasteiger partial charge in [-0.25, -0.2) is 13.2 Å². The number of amides is 1. The van der Waals surface area contributed by atoms with Crippen molar-refractivity contribution in [2.24, 2.45) is 10.2 Å². The van der Waals surface area contributed by atoms with E-state index in [0.29, 0.717) is 11.6 Å². The molecular weight excluding hydrogens is 423 g/mol. The fourth-order valence-electron chi connectivity index (χ4n) is 2.42. The average molecular weight is 437 g/mol. The van der Waals surface area contributed by atoms with Crippen molar-refractivity contribution >= 4 is 35.0 Å². The fraction of sp³-hybridized carbons (Fsp3) is 0.158. The summed E-state index contributed by atoms with van der Waals surface area (Å²) in [6.45, 7) is -0.270. The Morgan fingerprint density at radius 3 is 2.67 bits per heavy atom. The number of carbonyl (C=O) groups excluding carboxylic acids is 1. The highest BCUT2D eigenvalue weighted by Gasteiger charge is 2.32. The van der Waals surface area contributed by atoms with Crippen molar-refractivity contribution in [1.82, 2.24) is 5.32 Å². The van der Waals surface area contributed by atoms with Crippen LogP contribution in [0.2, 0.25) is 0 Å². The van der Waals surface area contributed by atoms with Gasteiger partial charge in [0.2, 0.25) is 5.91 Å². The molecule has 0 bridgehead atoms. The Morgan fingerprint density at radius 2 is 1.93 bits per heavy atom. The van der Waals surface area contributed by atoms with Crippen molar-refractivity contribution in [1.29, 1.82) is 0 Å². The second-order valence-electron chi connectivity index (χ2n) is 6.05. The Bertz CT molecular complexity index is 1050. The van der Waals surface area contributed by atoms with E-state index >= 15 is 0 Å². The van der Waals surface area contributed by atoms with E-state index in [2.05, 4.69) is 15.5 Å². The molecule has 0 aromatic heterocycles.